The van der Waals surface area contributed by atoms with Crippen molar-refractivity contribution in [3.63, 3.8) is 0 Å². The van der Waals surface area contributed by atoms with Gasteiger partial charge in [-0.05, 0) is 37.1 Å². The Balaban J connectivity index is 1.73. The van der Waals surface area contributed by atoms with Crippen LogP contribution in [-0.2, 0) is 9.59 Å². The number of carbonyl (C=O) groups excluding carboxylic acids is 2. The molecule has 120 valence electrons. The Hall–Kier alpha value is -1.89. The minimum absolute atomic E-state index is 0.142. The number of thiophene rings is 1. The first-order valence-electron chi connectivity index (χ1n) is 7.42. The summed E-state index contributed by atoms with van der Waals surface area (Å²) in [6.07, 6.45) is 2.99. The SMILES string of the molecule is O=C(NCCCC(=O)N1CCCCC1C(=O)O)c1ccsc1. The molecule has 1 saturated heterocycles. The molecule has 1 aliphatic rings. The largest absolute Gasteiger partial charge is 0.480 e. The lowest BCUT2D eigenvalue weighted by atomic mass is 10.0. The molecule has 1 aliphatic heterocycles. The van der Waals surface area contributed by atoms with Crippen LogP contribution in [0.5, 0.6) is 0 Å². The van der Waals surface area contributed by atoms with E-state index in [9.17, 15) is 14.4 Å². The summed E-state index contributed by atoms with van der Waals surface area (Å²) in [4.78, 5) is 36.5. The highest BCUT2D eigenvalue weighted by molar-refractivity contribution is 7.08. The molecule has 2 N–H and O–H groups in total. The second-order valence-corrected chi connectivity index (χ2v) is 6.09. The number of rotatable bonds is 6. The van der Waals surface area contributed by atoms with Crippen molar-refractivity contribution in [1.29, 1.82) is 0 Å². The van der Waals surface area contributed by atoms with E-state index in [0.717, 1.165) is 12.8 Å². The molecule has 2 amide bonds. The second-order valence-electron chi connectivity index (χ2n) is 5.31. The van der Waals surface area contributed by atoms with Crippen LogP contribution in [0.25, 0.3) is 0 Å². The number of hydrogen-bond acceptors (Lipinski definition) is 4. The lowest BCUT2D eigenvalue weighted by molar-refractivity contribution is -0.152. The van der Waals surface area contributed by atoms with Gasteiger partial charge in [0.05, 0.1) is 0 Å². The van der Waals surface area contributed by atoms with Gasteiger partial charge in [0.25, 0.3) is 5.91 Å². The van der Waals surface area contributed by atoms with Gasteiger partial charge < -0.3 is 15.3 Å². The standard InChI is InChI=1S/C15H20N2O4S/c18-13(17-8-2-1-4-12(17)15(20)21)5-3-7-16-14(19)11-6-9-22-10-11/h6,9-10,12H,1-5,7-8H2,(H,16,19)(H,20,21). The van der Waals surface area contributed by atoms with Crippen molar-refractivity contribution >= 4 is 29.1 Å². The van der Waals surface area contributed by atoms with Crippen molar-refractivity contribution in [3.05, 3.63) is 22.4 Å². The summed E-state index contributed by atoms with van der Waals surface area (Å²) in [5.74, 6) is -1.22. The molecule has 2 heterocycles. The van der Waals surface area contributed by atoms with Gasteiger partial charge in [0.15, 0.2) is 0 Å². The zero-order valence-electron chi connectivity index (χ0n) is 12.3. The van der Waals surface area contributed by atoms with Gasteiger partial charge in [-0.3, -0.25) is 9.59 Å². The quantitative estimate of drug-likeness (QED) is 0.780. The van der Waals surface area contributed by atoms with E-state index in [1.807, 2.05) is 5.38 Å². The molecule has 1 aromatic rings. The Labute approximate surface area is 133 Å². The summed E-state index contributed by atoms with van der Waals surface area (Å²) in [5, 5.41) is 15.5. The predicted molar refractivity (Wildman–Crippen MR) is 82.9 cm³/mol. The molecule has 0 saturated carbocycles. The number of carbonyl (C=O) groups is 3. The third kappa shape index (κ3) is 4.30. The molecule has 0 spiro atoms. The molecule has 1 unspecified atom stereocenters. The Morgan fingerprint density at radius 1 is 1.36 bits per heavy atom. The Morgan fingerprint density at radius 3 is 2.86 bits per heavy atom. The van der Waals surface area contributed by atoms with E-state index in [-0.39, 0.29) is 18.2 Å². The van der Waals surface area contributed by atoms with E-state index >= 15 is 0 Å². The van der Waals surface area contributed by atoms with Crippen LogP contribution in [0.3, 0.4) is 0 Å². The van der Waals surface area contributed by atoms with Gasteiger partial charge in [-0.25, -0.2) is 4.79 Å². The van der Waals surface area contributed by atoms with Crippen LogP contribution >= 0.6 is 11.3 Å². The minimum atomic E-state index is -0.932. The fourth-order valence-electron chi connectivity index (χ4n) is 2.57. The molecule has 1 atom stereocenters. The Morgan fingerprint density at radius 2 is 2.18 bits per heavy atom. The summed E-state index contributed by atoms with van der Waals surface area (Å²) in [5.41, 5.74) is 0.623. The van der Waals surface area contributed by atoms with E-state index in [1.165, 1.54) is 16.2 Å². The molecule has 1 fully saturated rings. The maximum absolute atomic E-state index is 12.1. The molecular weight excluding hydrogens is 304 g/mol. The molecule has 2 rings (SSSR count). The normalized spacial score (nSPS) is 18.0. The number of carboxylic acids is 1. The number of nitrogens with one attached hydrogen (secondary N) is 1. The predicted octanol–water partition coefficient (Wildman–Crippen LogP) is 1.72. The van der Waals surface area contributed by atoms with Crippen LogP contribution in [0, 0.1) is 0 Å². The Kier molecular flexibility index (Phi) is 5.94. The number of nitrogens with zero attached hydrogens (tertiary/aromatic N) is 1. The van der Waals surface area contributed by atoms with Crippen LogP contribution in [0.1, 0.15) is 42.5 Å². The van der Waals surface area contributed by atoms with Gasteiger partial charge in [-0.2, -0.15) is 11.3 Å². The van der Waals surface area contributed by atoms with Crippen molar-refractivity contribution in [3.8, 4) is 0 Å². The van der Waals surface area contributed by atoms with E-state index in [2.05, 4.69) is 5.32 Å². The minimum Gasteiger partial charge on any atom is -0.480 e. The zero-order valence-corrected chi connectivity index (χ0v) is 13.1. The third-order valence-corrected chi connectivity index (χ3v) is 4.43. The molecule has 1 aromatic heterocycles. The first kappa shape index (κ1) is 16.5. The highest BCUT2D eigenvalue weighted by Gasteiger charge is 2.31. The van der Waals surface area contributed by atoms with Crippen LogP contribution in [0.15, 0.2) is 16.8 Å². The summed E-state index contributed by atoms with van der Waals surface area (Å²) >= 11 is 1.46. The number of carboxylic acid groups (broad SMARTS) is 1. The van der Waals surface area contributed by atoms with E-state index < -0.39 is 12.0 Å². The molecule has 6 nitrogen and oxygen atoms in total. The topological polar surface area (TPSA) is 86.7 Å². The summed E-state index contributed by atoms with van der Waals surface area (Å²) < 4.78 is 0. The van der Waals surface area contributed by atoms with Crippen molar-refractivity contribution in [2.24, 2.45) is 0 Å². The molecule has 7 heteroatoms. The summed E-state index contributed by atoms with van der Waals surface area (Å²) in [7, 11) is 0. The molecule has 0 radical (unpaired) electrons. The smallest absolute Gasteiger partial charge is 0.326 e. The summed E-state index contributed by atoms with van der Waals surface area (Å²) in [6, 6.07) is 1.05. The van der Waals surface area contributed by atoms with Gasteiger partial charge in [-0.1, -0.05) is 0 Å². The highest BCUT2D eigenvalue weighted by atomic mass is 32.1. The van der Waals surface area contributed by atoms with E-state index in [0.29, 0.717) is 31.5 Å². The fraction of sp³-hybridized carbons (Fsp3) is 0.533. The van der Waals surface area contributed by atoms with Crippen molar-refractivity contribution in [2.45, 2.75) is 38.1 Å². The average molecular weight is 324 g/mol. The van der Waals surface area contributed by atoms with Crippen LogP contribution in [0.4, 0.5) is 0 Å². The summed E-state index contributed by atoms with van der Waals surface area (Å²) in [6.45, 7) is 0.920. The third-order valence-electron chi connectivity index (χ3n) is 3.74. The molecule has 0 bridgehead atoms. The van der Waals surface area contributed by atoms with Gasteiger partial charge >= 0.3 is 5.97 Å². The number of amides is 2. The van der Waals surface area contributed by atoms with Crippen molar-refractivity contribution < 1.29 is 19.5 Å². The van der Waals surface area contributed by atoms with Gasteiger partial charge in [0.2, 0.25) is 5.91 Å². The maximum atomic E-state index is 12.1. The first-order chi connectivity index (χ1) is 10.6. The number of piperidine rings is 1. The average Bonchev–Trinajstić information content (AvgIpc) is 3.05. The number of aliphatic carboxylic acids is 1. The van der Waals surface area contributed by atoms with E-state index in [4.69, 9.17) is 5.11 Å². The Bertz CT molecular complexity index is 530. The maximum Gasteiger partial charge on any atom is 0.326 e. The second kappa shape index (κ2) is 7.93. The zero-order chi connectivity index (χ0) is 15.9. The lowest BCUT2D eigenvalue weighted by Gasteiger charge is -2.33. The number of likely N-dealkylation sites (tertiary alicyclic amines) is 1. The van der Waals surface area contributed by atoms with Crippen molar-refractivity contribution in [2.75, 3.05) is 13.1 Å². The fourth-order valence-corrected chi connectivity index (χ4v) is 3.20. The van der Waals surface area contributed by atoms with Gasteiger partial charge in [-0.15, -0.1) is 0 Å². The van der Waals surface area contributed by atoms with Crippen molar-refractivity contribution in [1.82, 2.24) is 10.2 Å². The first-order valence-corrected chi connectivity index (χ1v) is 8.36. The highest BCUT2D eigenvalue weighted by Crippen LogP contribution is 2.18. The van der Waals surface area contributed by atoms with E-state index in [1.54, 1.807) is 11.4 Å². The lowest BCUT2D eigenvalue weighted by Crippen LogP contribution is -2.48. The van der Waals surface area contributed by atoms with Gasteiger partial charge in [0, 0.05) is 30.5 Å². The molecule has 0 aromatic carbocycles. The van der Waals surface area contributed by atoms with Crippen LogP contribution in [0.2, 0.25) is 0 Å². The monoisotopic (exact) mass is 324 g/mol. The number of hydrogen-bond donors (Lipinski definition) is 2. The van der Waals surface area contributed by atoms with Gasteiger partial charge in [0.1, 0.15) is 6.04 Å². The molecule has 0 aliphatic carbocycles. The molecular formula is C15H20N2O4S. The van der Waals surface area contributed by atoms with Crippen LogP contribution in [-0.4, -0.2) is 46.9 Å². The molecule has 22 heavy (non-hydrogen) atoms. The van der Waals surface area contributed by atoms with Crippen LogP contribution < -0.4 is 5.32 Å².